The number of phenolic OH excluding ortho intramolecular Hbond substituents is 1. The molecule has 0 atom stereocenters. The SMILES string of the molecule is CCc1cc(O)cc(CC)c1-c1c(O)c(CC#N)nn(C)c1=O. The predicted octanol–water partition coefficient (Wildman–Crippen LogP) is 2.05. The first-order chi connectivity index (χ1) is 10.9. The molecular formula is C17H19N3O3. The highest BCUT2D eigenvalue weighted by molar-refractivity contribution is 5.77. The maximum Gasteiger partial charge on any atom is 0.278 e. The summed E-state index contributed by atoms with van der Waals surface area (Å²) in [5.41, 5.74) is 2.03. The summed E-state index contributed by atoms with van der Waals surface area (Å²) in [6.45, 7) is 3.83. The highest BCUT2D eigenvalue weighted by Crippen LogP contribution is 2.36. The van der Waals surface area contributed by atoms with Crippen LogP contribution in [0.4, 0.5) is 0 Å². The van der Waals surface area contributed by atoms with Crippen LogP contribution >= 0.6 is 0 Å². The van der Waals surface area contributed by atoms with Crippen molar-refractivity contribution >= 4 is 0 Å². The van der Waals surface area contributed by atoms with Gasteiger partial charge in [0.2, 0.25) is 0 Å². The van der Waals surface area contributed by atoms with Gasteiger partial charge in [0.15, 0.2) is 5.75 Å². The predicted molar refractivity (Wildman–Crippen MR) is 86.3 cm³/mol. The van der Waals surface area contributed by atoms with Crippen LogP contribution in [0.15, 0.2) is 16.9 Å². The molecule has 0 spiro atoms. The summed E-state index contributed by atoms with van der Waals surface area (Å²) in [5.74, 6) is -0.130. The van der Waals surface area contributed by atoms with Crippen molar-refractivity contribution in [2.24, 2.45) is 7.05 Å². The van der Waals surface area contributed by atoms with Gasteiger partial charge in [-0.25, -0.2) is 4.68 Å². The Morgan fingerprint density at radius 1 is 1.17 bits per heavy atom. The second kappa shape index (κ2) is 6.53. The van der Waals surface area contributed by atoms with Crippen molar-refractivity contribution in [3.63, 3.8) is 0 Å². The fourth-order valence-electron chi connectivity index (χ4n) is 2.73. The number of nitrogens with zero attached hydrogens (tertiary/aromatic N) is 3. The number of phenols is 1. The van der Waals surface area contributed by atoms with Gasteiger partial charge in [0, 0.05) is 7.05 Å². The minimum atomic E-state index is -0.431. The van der Waals surface area contributed by atoms with E-state index in [4.69, 9.17) is 5.26 Å². The van der Waals surface area contributed by atoms with Gasteiger partial charge in [-0.2, -0.15) is 10.4 Å². The fourth-order valence-corrected chi connectivity index (χ4v) is 2.73. The lowest BCUT2D eigenvalue weighted by Crippen LogP contribution is -2.24. The molecule has 2 N–H and O–H groups in total. The lowest BCUT2D eigenvalue weighted by Gasteiger charge is -2.16. The van der Waals surface area contributed by atoms with Gasteiger partial charge < -0.3 is 10.2 Å². The van der Waals surface area contributed by atoms with Crippen LogP contribution < -0.4 is 5.56 Å². The van der Waals surface area contributed by atoms with E-state index in [2.05, 4.69) is 5.10 Å². The largest absolute Gasteiger partial charge is 0.508 e. The van der Waals surface area contributed by atoms with E-state index in [1.54, 1.807) is 12.1 Å². The number of rotatable bonds is 4. The summed E-state index contributed by atoms with van der Waals surface area (Å²) >= 11 is 0. The van der Waals surface area contributed by atoms with E-state index in [-0.39, 0.29) is 29.2 Å². The van der Waals surface area contributed by atoms with E-state index < -0.39 is 5.56 Å². The lowest BCUT2D eigenvalue weighted by atomic mass is 9.91. The molecule has 0 aliphatic carbocycles. The zero-order valence-electron chi connectivity index (χ0n) is 13.4. The maximum absolute atomic E-state index is 12.6. The Labute approximate surface area is 134 Å². The molecule has 1 heterocycles. The Bertz CT molecular complexity index is 822. The van der Waals surface area contributed by atoms with Crippen LogP contribution in [0.25, 0.3) is 11.1 Å². The Balaban J connectivity index is 2.92. The van der Waals surface area contributed by atoms with Gasteiger partial charge in [-0.05, 0) is 41.7 Å². The summed E-state index contributed by atoms with van der Waals surface area (Å²) in [4.78, 5) is 12.6. The average molecular weight is 313 g/mol. The van der Waals surface area contributed by atoms with Crippen LogP contribution in [-0.4, -0.2) is 20.0 Å². The van der Waals surface area contributed by atoms with Crippen molar-refractivity contribution in [3.05, 3.63) is 39.3 Å². The summed E-state index contributed by atoms with van der Waals surface area (Å²) in [7, 11) is 1.49. The van der Waals surface area contributed by atoms with E-state index in [0.717, 1.165) is 15.8 Å². The van der Waals surface area contributed by atoms with E-state index in [1.807, 2.05) is 19.9 Å². The minimum Gasteiger partial charge on any atom is -0.508 e. The van der Waals surface area contributed by atoms with Crippen molar-refractivity contribution in [1.82, 2.24) is 9.78 Å². The molecule has 6 heteroatoms. The smallest absolute Gasteiger partial charge is 0.278 e. The zero-order chi connectivity index (χ0) is 17.1. The molecule has 1 aromatic heterocycles. The number of aromatic hydroxyl groups is 2. The van der Waals surface area contributed by atoms with Gasteiger partial charge in [-0.15, -0.1) is 0 Å². The molecule has 6 nitrogen and oxygen atoms in total. The van der Waals surface area contributed by atoms with Gasteiger partial charge in [-0.3, -0.25) is 4.79 Å². The molecular weight excluding hydrogens is 294 g/mol. The first-order valence-electron chi connectivity index (χ1n) is 7.45. The molecule has 0 aliphatic heterocycles. The summed E-state index contributed by atoms with van der Waals surface area (Å²) < 4.78 is 1.13. The van der Waals surface area contributed by atoms with Gasteiger partial charge >= 0.3 is 0 Å². The van der Waals surface area contributed by atoms with Gasteiger partial charge in [0.1, 0.15) is 11.4 Å². The molecule has 0 unspecified atom stereocenters. The molecule has 0 bridgehead atoms. The third-order valence-electron chi connectivity index (χ3n) is 3.83. The molecule has 0 aliphatic rings. The van der Waals surface area contributed by atoms with E-state index in [0.29, 0.717) is 18.4 Å². The van der Waals surface area contributed by atoms with E-state index in [1.165, 1.54) is 7.05 Å². The topological polar surface area (TPSA) is 99.1 Å². The van der Waals surface area contributed by atoms with Crippen LogP contribution in [-0.2, 0) is 26.3 Å². The second-order valence-electron chi connectivity index (χ2n) is 5.28. The number of benzene rings is 1. The maximum atomic E-state index is 12.6. The third-order valence-corrected chi connectivity index (χ3v) is 3.83. The number of aryl methyl sites for hydroxylation is 3. The van der Waals surface area contributed by atoms with Crippen molar-refractivity contribution in [1.29, 1.82) is 5.26 Å². The number of hydrogen-bond acceptors (Lipinski definition) is 5. The molecule has 1 aromatic carbocycles. The van der Waals surface area contributed by atoms with Crippen molar-refractivity contribution < 1.29 is 10.2 Å². The third kappa shape index (κ3) is 2.90. The molecule has 23 heavy (non-hydrogen) atoms. The van der Waals surface area contributed by atoms with Crippen LogP contribution in [0.5, 0.6) is 11.5 Å². The first-order valence-corrected chi connectivity index (χ1v) is 7.45. The quantitative estimate of drug-likeness (QED) is 0.900. The summed E-state index contributed by atoms with van der Waals surface area (Å²) in [5, 5.41) is 33.2. The Morgan fingerprint density at radius 2 is 1.74 bits per heavy atom. The summed E-state index contributed by atoms with van der Waals surface area (Å²) in [6.07, 6.45) is 1.10. The fraction of sp³-hybridized carbons (Fsp3) is 0.353. The molecule has 0 saturated heterocycles. The molecule has 0 radical (unpaired) electrons. The van der Waals surface area contributed by atoms with Gasteiger partial charge in [0.25, 0.3) is 5.56 Å². The standard InChI is InChI=1S/C17H19N3O3/c1-4-10-8-12(21)9-11(5-2)14(10)15-16(22)13(6-7-18)19-20(3)17(15)23/h8-9,21-22H,4-6H2,1-3H3. The van der Waals surface area contributed by atoms with Gasteiger partial charge in [-0.1, -0.05) is 13.8 Å². The second-order valence-corrected chi connectivity index (χ2v) is 5.28. The first kappa shape index (κ1) is 16.6. The van der Waals surface area contributed by atoms with E-state index in [9.17, 15) is 15.0 Å². The normalized spacial score (nSPS) is 10.5. The van der Waals surface area contributed by atoms with Crippen LogP contribution in [0, 0.1) is 11.3 Å². The lowest BCUT2D eigenvalue weighted by molar-refractivity contribution is 0.458. The monoisotopic (exact) mass is 313 g/mol. The number of aromatic nitrogens is 2. The molecule has 0 amide bonds. The van der Waals surface area contributed by atoms with Crippen molar-refractivity contribution in [2.45, 2.75) is 33.1 Å². The molecule has 0 saturated carbocycles. The summed E-state index contributed by atoms with van der Waals surface area (Å²) in [6, 6.07) is 5.13. The van der Waals surface area contributed by atoms with Crippen molar-refractivity contribution in [2.75, 3.05) is 0 Å². The minimum absolute atomic E-state index is 0.0893. The van der Waals surface area contributed by atoms with E-state index >= 15 is 0 Å². The molecule has 120 valence electrons. The number of hydrogen-bond donors (Lipinski definition) is 2. The van der Waals surface area contributed by atoms with Crippen LogP contribution in [0.2, 0.25) is 0 Å². The highest BCUT2D eigenvalue weighted by atomic mass is 16.3. The van der Waals surface area contributed by atoms with Gasteiger partial charge in [0.05, 0.1) is 18.1 Å². The van der Waals surface area contributed by atoms with Crippen molar-refractivity contribution in [3.8, 4) is 28.7 Å². The zero-order valence-corrected chi connectivity index (χ0v) is 13.4. The molecule has 0 fully saturated rings. The highest BCUT2D eigenvalue weighted by Gasteiger charge is 2.22. The Kier molecular flexibility index (Phi) is 4.70. The molecule has 2 rings (SSSR count). The van der Waals surface area contributed by atoms with Crippen LogP contribution in [0.3, 0.4) is 0 Å². The number of nitriles is 1. The Hall–Kier alpha value is -2.81. The average Bonchev–Trinajstić information content (AvgIpc) is 2.53. The Morgan fingerprint density at radius 3 is 2.22 bits per heavy atom. The van der Waals surface area contributed by atoms with Crippen LogP contribution in [0.1, 0.15) is 30.7 Å². The molecule has 2 aromatic rings.